The van der Waals surface area contributed by atoms with E-state index in [1.807, 2.05) is 24.4 Å². The van der Waals surface area contributed by atoms with E-state index in [1.165, 1.54) is 7.11 Å². The van der Waals surface area contributed by atoms with Crippen LogP contribution >= 0.6 is 15.9 Å². The van der Waals surface area contributed by atoms with Gasteiger partial charge in [0.2, 0.25) is 0 Å². The van der Waals surface area contributed by atoms with Crippen LogP contribution in [0.4, 0.5) is 0 Å². The zero-order chi connectivity index (χ0) is 22.7. The lowest BCUT2D eigenvalue weighted by molar-refractivity contribution is 0.0601. The lowest BCUT2D eigenvalue weighted by Gasteiger charge is -2.11. The lowest BCUT2D eigenvalue weighted by Crippen LogP contribution is -2.06. The summed E-state index contributed by atoms with van der Waals surface area (Å²) in [5.74, 6) is 0.735. The molecular weight excluding hydrogens is 466 g/mol. The topological polar surface area (TPSA) is 57.0 Å². The number of halogens is 1. The number of pyridine rings is 1. The molecule has 0 saturated carbocycles. The van der Waals surface area contributed by atoms with Gasteiger partial charge in [0.1, 0.15) is 11.3 Å². The van der Waals surface area contributed by atoms with Crippen molar-refractivity contribution in [2.45, 2.75) is 39.7 Å². The fourth-order valence-corrected chi connectivity index (χ4v) is 4.18. The van der Waals surface area contributed by atoms with Gasteiger partial charge in [0.25, 0.3) is 0 Å². The first-order valence-corrected chi connectivity index (χ1v) is 11.6. The van der Waals surface area contributed by atoms with Crippen LogP contribution in [0.25, 0.3) is 22.3 Å². The van der Waals surface area contributed by atoms with E-state index in [1.54, 1.807) is 6.07 Å². The number of fused-ring (bicyclic) bond motifs is 1. The van der Waals surface area contributed by atoms with Crippen LogP contribution in [0.5, 0.6) is 0 Å². The minimum Gasteiger partial charge on any atom is -0.465 e. The molecule has 0 atom stereocenters. The van der Waals surface area contributed by atoms with Gasteiger partial charge in [-0.3, -0.25) is 0 Å². The summed E-state index contributed by atoms with van der Waals surface area (Å²) in [6.45, 7) is 4.96. The monoisotopic (exact) mass is 491 g/mol. The Balaban J connectivity index is 1.69. The maximum Gasteiger partial charge on any atom is 0.338 e. The number of ether oxygens (including phenoxy) is 1. The van der Waals surface area contributed by atoms with Crippen LogP contribution in [0.1, 0.15) is 47.1 Å². The number of rotatable bonds is 7. The summed E-state index contributed by atoms with van der Waals surface area (Å²) in [4.78, 5) is 21.7. The molecule has 164 valence electrons. The van der Waals surface area contributed by atoms with Gasteiger partial charge in [-0.2, -0.15) is 0 Å². The van der Waals surface area contributed by atoms with Crippen LogP contribution in [-0.4, -0.2) is 27.6 Å². The van der Waals surface area contributed by atoms with Gasteiger partial charge in [-0.25, -0.2) is 14.8 Å². The smallest absolute Gasteiger partial charge is 0.338 e. The molecule has 4 rings (SSSR count). The molecule has 2 aromatic carbocycles. The van der Waals surface area contributed by atoms with E-state index >= 15 is 0 Å². The molecule has 0 aliphatic rings. The van der Waals surface area contributed by atoms with Gasteiger partial charge in [-0.1, -0.05) is 55.8 Å². The molecule has 6 heteroatoms. The number of nitrogens with zero attached hydrogens (tertiary/aromatic N) is 3. The molecule has 5 nitrogen and oxygen atoms in total. The first kappa shape index (κ1) is 22.2. The van der Waals surface area contributed by atoms with Crippen molar-refractivity contribution in [3.05, 3.63) is 81.7 Å². The summed E-state index contributed by atoms with van der Waals surface area (Å²) in [7, 11) is 1.40. The number of methoxy groups -OCH3 is 1. The molecule has 0 unspecified atom stereocenters. The summed E-state index contributed by atoms with van der Waals surface area (Å²) >= 11 is 3.58. The standard InChI is InChI=1S/C26H26BrN3O2/c1-4-5-10-23-29-24-17(2)22(27)15-28-25(24)30(23)16-18-11-13-19(14-12-18)20-8-6-7-9-21(20)26(31)32-3/h6-9,11-15H,4-5,10,16H2,1-3H3. The highest BCUT2D eigenvalue weighted by Crippen LogP contribution is 2.27. The second kappa shape index (κ2) is 9.65. The minimum atomic E-state index is -0.331. The van der Waals surface area contributed by atoms with Crippen LogP contribution < -0.4 is 0 Å². The number of benzene rings is 2. The van der Waals surface area contributed by atoms with Gasteiger partial charge in [-0.05, 0) is 57.6 Å². The number of carbonyl (C=O) groups excluding carboxylic acids is 1. The van der Waals surface area contributed by atoms with Gasteiger partial charge in [0, 0.05) is 17.1 Å². The Labute approximate surface area is 196 Å². The Kier molecular flexibility index (Phi) is 6.70. The van der Waals surface area contributed by atoms with Crippen molar-refractivity contribution in [3.8, 4) is 11.1 Å². The normalized spacial score (nSPS) is 11.1. The number of imidazole rings is 1. The van der Waals surface area contributed by atoms with Gasteiger partial charge in [0.05, 0.1) is 19.2 Å². The summed E-state index contributed by atoms with van der Waals surface area (Å²) in [6, 6.07) is 15.8. The molecule has 0 radical (unpaired) electrons. The molecule has 0 aliphatic carbocycles. The Bertz CT molecular complexity index is 1260. The summed E-state index contributed by atoms with van der Waals surface area (Å²) in [6.07, 6.45) is 4.99. The fourth-order valence-electron chi connectivity index (χ4n) is 3.89. The second-order valence-electron chi connectivity index (χ2n) is 7.86. The number of carbonyl (C=O) groups is 1. The molecule has 2 aromatic heterocycles. The Morgan fingerprint density at radius 2 is 1.88 bits per heavy atom. The average molecular weight is 492 g/mol. The Morgan fingerprint density at radius 1 is 1.12 bits per heavy atom. The average Bonchev–Trinajstić information content (AvgIpc) is 3.17. The maximum atomic E-state index is 12.1. The molecule has 0 spiro atoms. The maximum absolute atomic E-state index is 12.1. The van der Waals surface area contributed by atoms with E-state index < -0.39 is 0 Å². The number of aromatic nitrogens is 3. The van der Waals surface area contributed by atoms with E-state index in [2.05, 4.69) is 63.6 Å². The van der Waals surface area contributed by atoms with Gasteiger partial charge >= 0.3 is 5.97 Å². The second-order valence-corrected chi connectivity index (χ2v) is 8.71. The number of unbranched alkanes of at least 4 members (excludes halogenated alkanes) is 1. The van der Waals surface area contributed by atoms with Crippen molar-refractivity contribution in [2.75, 3.05) is 7.11 Å². The third-order valence-corrected chi connectivity index (χ3v) is 6.52. The first-order valence-electron chi connectivity index (χ1n) is 10.8. The predicted molar refractivity (Wildman–Crippen MR) is 131 cm³/mol. The lowest BCUT2D eigenvalue weighted by atomic mass is 9.98. The molecule has 0 amide bonds. The molecule has 4 aromatic rings. The SMILES string of the molecule is CCCCc1nc2c(C)c(Br)cnc2n1Cc1ccc(-c2ccccc2C(=O)OC)cc1. The molecule has 0 aliphatic heterocycles. The van der Waals surface area contributed by atoms with Crippen molar-refractivity contribution in [3.63, 3.8) is 0 Å². The van der Waals surface area contributed by atoms with E-state index in [4.69, 9.17) is 9.72 Å². The predicted octanol–water partition coefficient (Wildman–Crippen LogP) is 6.35. The summed E-state index contributed by atoms with van der Waals surface area (Å²) in [5, 5.41) is 0. The number of hydrogen-bond acceptors (Lipinski definition) is 4. The molecular formula is C26H26BrN3O2. The zero-order valence-corrected chi connectivity index (χ0v) is 20.1. The third-order valence-electron chi connectivity index (χ3n) is 5.73. The highest BCUT2D eigenvalue weighted by Gasteiger charge is 2.16. The molecule has 2 heterocycles. The van der Waals surface area contributed by atoms with E-state index in [0.717, 1.165) is 63.0 Å². The number of aryl methyl sites for hydroxylation is 2. The van der Waals surface area contributed by atoms with Crippen molar-refractivity contribution in [1.82, 2.24) is 14.5 Å². The number of hydrogen-bond donors (Lipinski definition) is 0. The first-order chi connectivity index (χ1) is 15.5. The zero-order valence-electron chi connectivity index (χ0n) is 18.6. The van der Waals surface area contributed by atoms with Crippen LogP contribution in [-0.2, 0) is 17.7 Å². The summed E-state index contributed by atoms with van der Waals surface area (Å²) in [5.41, 5.74) is 6.55. The highest BCUT2D eigenvalue weighted by molar-refractivity contribution is 9.10. The molecule has 32 heavy (non-hydrogen) atoms. The van der Waals surface area contributed by atoms with Crippen molar-refractivity contribution < 1.29 is 9.53 Å². The largest absolute Gasteiger partial charge is 0.465 e. The third kappa shape index (κ3) is 4.32. The Morgan fingerprint density at radius 3 is 2.59 bits per heavy atom. The Hall–Kier alpha value is -2.99. The van der Waals surface area contributed by atoms with Crippen molar-refractivity contribution in [2.24, 2.45) is 0 Å². The fraction of sp³-hybridized carbons (Fsp3) is 0.269. The summed E-state index contributed by atoms with van der Waals surface area (Å²) < 4.78 is 8.14. The van der Waals surface area contributed by atoms with Crippen molar-refractivity contribution >= 4 is 33.1 Å². The van der Waals surface area contributed by atoms with Crippen LogP contribution in [0.15, 0.2) is 59.2 Å². The number of esters is 1. The van der Waals surface area contributed by atoms with E-state index in [-0.39, 0.29) is 5.97 Å². The van der Waals surface area contributed by atoms with Gasteiger partial charge < -0.3 is 9.30 Å². The van der Waals surface area contributed by atoms with Crippen LogP contribution in [0.3, 0.4) is 0 Å². The van der Waals surface area contributed by atoms with Crippen LogP contribution in [0, 0.1) is 6.92 Å². The molecule has 0 fully saturated rings. The van der Waals surface area contributed by atoms with E-state index in [9.17, 15) is 4.79 Å². The molecule has 0 N–H and O–H groups in total. The van der Waals surface area contributed by atoms with Gasteiger partial charge in [-0.15, -0.1) is 0 Å². The molecule has 0 saturated heterocycles. The highest BCUT2D eigenvalue weighted by atomic mass is 79.9. The molecule has 0 bridgehead atoms. The van der Waals surface area contributed by atoms with Crippen molar-refractivity contribution in [1.29, 1.82) is 0 Å². The quantitative estimate of drug-likeness (QED) is 0.282. The van der Waals surface area contributed by atoms with Crippen LogP contribution in [0.2, 0.25) is 0 Å². The van der Waals surface area contributed by atoms with E-state index in [0.29, 0.717) is 12.1 Å². The van der Waals surface area contributed by atoms with Gasteiger partial charge in [0.15, 0.2) is 5.65 Å². The minimum absolute atomic E-state index is 0.331.